The molecule has 0 aromatic heterocycles. The number of rotatable bonds is 1. The zero-order valence-corrected chi connectivity index (χ0v) is 12.5. The van der Waals surface area contributed by atoms with E-state index in [0.29, 0.717) is 18.4 Å². The summed E-state index contributed by atoms with van der Waals surface area (Å²) in [6.07, 6.45) is 5.06. The summed E-state index contributed by atoms with van der Waals surface area (Å²) in [7, 11) is 1.74. The summed E-state index contributed by atoms with van der Waals surface area (Å²) in [4.78, 5) is 0. The Balaban J connectivity index is 2.01. The van der Waals surface area contributed by atoms with Crippen molar-refractivity contribution in [3.63, 3.8) is 0 Å². The van der Waals surface area contributed by atoms with Gasteiger partial charge in [0.05, 0.1) is 12.7 Å². The SMILES string of the molecule is CO[C@@H]1OCC2=CC[C@H]3C(C)(C)[C@@H](O)CC[C@]3(C)[C@H]21. The number of fused-ring (bicyclic) bond motifs is 3. The topological polar surface area (TPSA) is 38.7 Å². The van der Waals surface area contributed by atoms with Crippen molar-refractivity contribution in [1.29, 1.82) is 0 Å². The summed E-state index contributed by atoms with van der Waals surface area (Å²) in [6.45, 7) is 7.53. The lowest BCUT2D eigenvalue weighted by Gasteiger charge is -2.57. The van der Waals surface area contributed by atoms with Crippen molar-refractivity contribution in [2.75, 3.05) is 13.7 Å². The van der Waals surface area contributed by atoms with Crippen LogP contribution >= 0.6 is 0 Å². The van der Waals surface area contributed by atoms with Crippen molar-refractivity contribution in [1.82, 2.24) is 0 Å². The van der Waals surface area contributed by atoms with Gasteiger partial charge in [0.2, 0.25) is 0 Å². The highest BCUT2D eigenvalue weighted by Crippen LogP contribution is 2.61. The monoisotopic (exact) mass is 266 g/mol. The Morgan fingerprint density at radius 2 is 2.11 bits per heavy atom. The van der Waals surface area contributed by atoms with Crippen LogP contribution in [0.15, 0.2) is 11.6 Å². The average molecular weight is 266 g/mol. The van der Waals surface area contributed by atoms with Gasteiger partial charge >= 0.3 is 0 Å². The van der Waals surface area contributed by atoms with Crippen molar-refractivity contribution < 1.29 is 14.6 Å². The summed E-state index contributed by atoms with van der Waals surface area (Å²) in [5, 5.41) is 10.4. The summed E-state index contributed by atoms with van der Waals surface area (Å²) in [6, 6.07) is 0. The van der Waals surface area contributed by atoms with E-state index >= 15 is 0 Å². The molecule has 3 nitrogen and oxygen atoms in total. The minimum absolute atomic E-state index is 0.0318. The van der Waals surface area contributed by atoms with Gasteiger partial charge in [0.1, 0.15) is 0 Å². The third kappa shape index (κ3) is 1.75. The Morgan fingerprint density at radius 3 is 2.79 bits per heavy atom. The molecule has 5 atom stereocenters. The fraction of sp³-hybridized carbons (Fsp3) is 0.875. The molecule has 19 heavy (non-hydrogen) atoms. The Hall–Kier alpha value is -0.380. The van der Waals surface area contributed by atoms with Crippen LogP contribution in [0.3, 0.4) is 0 Å². The van der Waals surface area contributed by atoms with Gasteiger partial charge in [-0.15, -0.1) is 0 Å². The number of allylic oxidation sites excluding steroid dienone is 1. The molecule has 1 aliphatic heterocycles. The molecular formula is C16H26O3. The van der Waals surface area contributed by atoms with Crippen LogP contribution in [0.4, 0.5) is 0 Å². The van der Waals surface area contributed by atoms with Crippen LogP contribution in [0.25, 0.3) is 0 Å². The normalized spacial score (nSPS) is 48.4. The second-order valence-electron chi connectivity index (χ2n) is 7.34. The molecule has 1 saturated heterocycles. The smallest absolute Gasteiger partial charge is 0.164 e. The Morgan fingerprint density at radius 1 is 1.37 bits per heavy atom. The molecule has 0 spiro atoms. The average Bonchev–Trinajstić information content (AvgIpc) is 2.79. The van der Waals surface area contributed by atoms with E-state index in [9.17, 15) is 5.11 Å². The van der Waals surface area contributed by atoms with E-state index in [1.807, 2.05) is 0 Å². The van der Waals surface area contributed by atoms with Crippen LogP contribution in [-0.4, -0.2) is 31.2 Å². The van der Waals surface area contributed by atoms with Crippen LogP contribution in [-0.2, 0) is 9.47 Å². The zero-order valence-electron chi connectivity index (χ0n) is 12.5. The van der Waals surface area contributed by atoms with Crippen LogP contribution in [0, 0.1) is 22.7 Å². The van der Waals surface area contributed by atoms with Crippen molar-refractivity contribution >= 4 is 0 Å². The summed E-state index contributed by atoms with van der Waals surface area (Å²) < 4.78 is 11.4. The third-order valence-corrected chi connectivity index (χ3v) is 6.15. The van der Waals surface area contributed by atoms with Gasteiger partial charge in [0.25, 0.3) is 0 Å². The molecule has 0 radical (unpaired) electrons. The maximum absolute atomic E-state index is 10.4. The van der Waals surface area contributed by atoms with Crippen molar-refractivity contribution in [2.24, 2.45) is 22.7 Å². The molecule has 1 saturated carbocycles. The summed E-state index contributed by atoms with van der Waals surface area (Å²) in [5.41, 5.74) is 1.57. The second-order valence-corrected chi connectivity index (χ2v) is 7.34. The van der Waals surface area contributed by atoms with Gasteiger partial charge < -0.3 is 14.6 Å². The number of methoxy groups -OCH3 is 1. The molecule has 0 unspecified atom stereocenters. The highest BCUT2D eigenvalue weighted by Gasteiger charge is 2.59. The van der Waals surface area contributed by atoms with Gasteiger partial charge in [0, 0.05) is 13.0 Å². The molecule has 3 rings (SSSR count). The van der Waals surface area contributed by atoms with Gasteiger partial charge in [0.15, 0.2) is 6.29 Å². The van der Waals surface area contributed by atoms with Crippen LogP contribution in [0.5, 0.6) is 0 Å². The first-order valence-corrected chi connectivity index (χ1v) is 7.42. The molecule has 0 aromatic rings. The fourth-order valence-electron chi connectivity index (χ4n) is 4.95. The van der Waals surface area contributed by atoms with Gasteiger partial charge in [-0.3, -0.25) is 0 Å². The molecule has 2 aliphatic carbocycles. The molecule has 3 aliphatic rings. The first kappa shape index (κ1) is 13.6. The van der Waals surface area contributed by atoms with Crippen molar-refractivity contribution in [2.45, 2.75) is 52.4 Å². The van der Waals surface area contributed by atoms with E-state index in [1.165, 1.54) is 5.57 Å². The van der Waals surface area contributed by atoms with E-state index in [4.69, 9.17) is 9.47 Å². The quantitative estimate of drug-likeness (QED) is 0.742. The lowest BCUT2D eigenvalue weighted by atomic mass is 9.48. The highest BCUT2D eigenvalue weighted by molar-refractivity contribution is 5.24. The van der Waals surface area contributed by atoms with E-state index in [-0.39, 0.29) is 23.2 Å². The predicted octanol–water partition coefficient (Wildman–Crippen LogP) is 2.74. The Bertz CT molecular complexity index is 401. The van der Waals surface area contributed by atoms with Gasteiger partial charge in [-0.2, -0.15) is 0 Å². The number of aliphatic hydroxyl groups is 1. The van der Waals surface area contributed by atoms with E-state index in [2.05, 4.69) is 26.8 Å². The number of ether oxygens (including phenoxy) is 2. The zero-order chi connectivity index (χ0) is 13.8. The van der Waals surface area contributed by atoms with Crippen molar-refractivity contribution in [3.05, 3.63) is 11.6 Å². The fourth-order valence-corrected chi connectivity index (χ4v) is 4.95. The Labute approximate surface area is 116 Å². The largest absolute Gasteiger partial charge is 0.393 e. The van der Waals surface area contributed by atoms with E-state index in [0.717, 1.165) is 19.3 Å². The van der Waals surface area contributed by atoms with Gasteiger partial charge in [-0.05, 0) is 41.6 Å². The molecule has 0 bridgehead atoms. The van der Waals surface area contributed by atoms with E-state index < -0.39 is 0 Å². The highest BCUT2D eigenvalue weighted by atomic mass is 16.7. The molecule has 108 valence electrons. The summed E-state index contributed by atoms with van der Waals surface area (Å²) >= 11 is 0. The standard InChI is InChI=1S/C16H26O3/c1-15(2)11-6-5-10-9-19-14(18-4)13(10)16(11,3)8-7-12(15)17/h5,11-14,17H,6-9H2,1-4H3/t11-,12-,13+,14+,16-/m0/s1. The van der Waals surface area contributed by atoms with E-state index in [1.54, 1.807) is 7.11 Å². The number of hydrogen-bond acceptors (Lipinski definition) is 3. The molecule has 2 fully saturated rings. The number of hydrogen-bond donors (Lipinski definition) is 1. The lowest BCUT2D eigenvalue weighted by molar-refractivity contribution is -0.174. The van der Waals surface area contributed by atoms with Crippen LogP contribution < -0.4 is 0 Å². The third-order valence-electron chi connectivity index (χ3n) is 6.15. The second kappa shape index (κ2) is 4.31. The van der Waals surface area contributed by atoms with Crippen LogP contribution in [0.1, 0.15) is 40.0 Å². The summed E-state index contributed by atoms with van der Waals surface area (Å²) in [5.74, 6) is 0.861. The van der Waals surface area contributed by atoms with Gasteiger partial charge in [-0.1, -0.05) is 26.8 Å². The first-order chi connectivity index (χ1) is 8.91. The maximum Gasteiger partial charge on any atom is 0.164 e. The van der Waals surface area contributed by atoms with Crippen LogP contribution in [0.2, 0.25) is 0 Å². The minimum atomic E-state index is -0.191. The molecule has 0 aromatic carbocycles. The lowest BCUT2D eigenvalue weighted by Crippen LogP contribution is -2.55. The van der Waals surface area contributed by atoms with Crippen molar-refractivity contribution in [3.8, 4) is 0 Å². The molecule has 0 amide bonds. The Kier molecular flexibility index (Phi) is 3.08. The first-order valence-electron chi connectivity index (χ1n) is 7.42. The molecule has 1 N–H and O–H groups in total. The molecule has 1 heterocycles. The van der Waals surface area contributed by atoms with Gasteiger partial charge in [-0.25, -0.2) is 0 Å². The number of aliphatic hydroxyl groups excluding tert-OH is 1. The predicted molar refractivity (Wildman–Crippen MR) is 73.6 cm³/mol. The minimum Gasteiger partial charge on any atom is -0.393 e. The molecular weight excluding hydrogens is 240 g/mol. The molecule has 3 heteroatoms. The maximum atomic E-state index is 10.4.